The van der Waals surface area contributed by atoms with Crippen molar-refractivity contribution in [3.63, 3.8) is 0 Å². The molecule has 1 fully saturated rings. The molecule has 0 aliphatic carbocycles. The van der Waals surface area contributed by atoms with Gasteiger partial charge in [-0.05, 0) is 23.2 Å². The van der Waals surface area contributed by atoms with E-state index in [1.54, 1.807) is 30.3 Å². The average Bonchev–Trinajstić information content (AvgIpc) is 2.79. The lowest BCUT2D eigenvalue weighted by Crippen LogP contribution is -2.59. The van der Waals surface area contributed by atoms with Gasteiger partial charge in [-0.1, -0.05) is 53.6 Å². The number of aliphatic hydroxyl groups excluding tert-OH is 1. The van der Waals surface area contributed by atoms with Gasteiger partial charge in [-0.25, -0.2) is 4.79 Å². The van der Waals surface area contributed by atoms with Crippen LogP contribution in [0.25, 0.3) is 10.4 Å². The van der Waals surface area contributed by atoms with Crippen LogP contribution in [0.3, 0.4) is 0 Å². The van der Waals surface area contributed by atoms with Crippen LogP contribution in [-0.2, 0) is 25.6 Å². The van der Waals surface area contributed by atoms with Crippen molar-refractivity contribution in [1.29, 1.82) is 0 Å². The van der Waals surface area contributed by atoms with Crippen molar-refractivity contribution in [1.82, 2.24) is 0 Å². The highest BCUT2D eigenvalue weighted by atomic mass is 16.7. The summed E-state index contributed by atoms with van der Waals surface area (Å²) >= 11 is 0. The largest absolute Gasteiger partial charge is 0.459 e. The van der Waals surface area contributed by atoms with Gasteiger partial charge < -0.3 is 24.1 Å². The maximum atomic E-state index is 12.2. The predicted octanol–water partition coefficient (Wildman–Crippen LogP) is 2.84. The summed E-state index contributed by atoms with van der Waals surface area (Å²) in [7, 11) is 1.39. The third-order valence-electron chi connectivity index (χ3n) is 4.73. The molecule has 5 atom stereocenters. The number of aliphatic hydroxyl groups is 1. The molecule has 9 heteroatoms. The van der Waals surface area contributed by atoms with E-state index in [1.165, 1.54) is 7.11 Å². The standard InChI is InChI=1S/C21H23N3O6/c1-27-21-17(23-24-22)19(28-12-14-8-4-2-5-9-14)18(25)16(30-21)13-29-20(26)15-10-6-3-7-11-15/h2-11,16-19,21,25H,12-13H2,1H3/t16?,17?,18-,19?,21+/m1/s1. The molecule has 1 N–H and O–H groups in total. The minimum absolute atomic E-state index is 0.187. The van der Waals surface area contributed by atoms with Crippen molar-refractivity contribution in [2.75, 3.05) is 13.7 Å². The lowest BCUT2D eigenvalue weighted by molar-refractivity contribution is -0.266. The van der Waals surface area contributed by atoms with Crippen molar-refractivity contribution in [3.8, 4) is 0 Å². The van der Waals surface area contributed by atoms with Gasteiger partial charge in [0, 0.05) is 12.0 Å². The Morgan fingerprint density at radius 1 is 1.17 bits per heavy atom. The van der Waals surface area contributed by atoms with E-state index in [9.17, 15) is 9.90 Å². The van der Waals surface area contributed by atoms with Crippen LogP contribution in [0.15, 0.2) is 65.8 Å². The highest BCUT2D eigenvalue weighted by Crippen LogP contribution is 2.28. The SMILES string of the molecule is CO[C@H]1OC(COC(=O)c2ccccc2)[C@@H](O)C(OCc2ccccc2)C1N=[N+]=[N-]. The Kier molecular flexibility index (Phi) is 7.78. The van der Waals surface area contributed by atoms with E-state index < -0.39 is 36.6 Å². The van der Waals surface area contributed by atoms with Gasteiger partial charge in [-0.15, -0.1) is 0 Å². The molecule has 3 unspecified atom stereocenters. The lowest BCUT2D eigenvalue weighted by atomic mass is 9.97. The van der Waals surface area contributed by atoms with E-state index in [0.29, 0.717) is 5.56 Å². The van der Waals surface area contributed by atoms with Crippen LogP contribution in [0.1, 0.15) is 15.9 Å². The zero-order valence-electron chi connectivity index (χ0n) is 16.4. The molecule has 2 aromatic carbocycles. The molecule has 0 spiro atoms. The van der Waals surface area contributed by atoms with E-state index in [-0.39, 0.29) is 13.2 Å². The first-order valence-electron chi connectivity index (χ1n) is 9.42. The second-order valence-electron chi connectivity index (χ2n) is 6.69. The monoisotopic (exact) mass is 413 g/mol. The fourth-order valence-electron chi connectivity index (χ4n) is 3.19. The third-order valence-corrected chi connectivity index (χ3v) is 4.73. The van der Waals surface area contributed by atoms with E-state index in [4.69, 9.17) is 24.5 Å². The molecule has 1 saturated heterocycles. The molecule has 0 saturated carbocycles. The zero-order chi connectivity index (χ0) is 21.3. The van der Waals surface area contributed by atoms with Gasteiger partial charge in [0.1, 0.15) is 24.9 Å². The van der Waals surface area contributed by atoms with Crippen LogP contribution in [0, 0.1) is 0 Å². The summed E-state index contributed by atoms with van der Waals surface area (Å²) in [5.41, 5.74) is 10.2. The number of carbonyl (C=O) groups is 1. The highest BCUT2D eigenvalue weighted by Gasteiger charge is 2.46. The molecule has 0 bridgehead atoms. The van der Waals surface area contributed by atoms with E-state index >= 15 is 0 Å². The minimum Gasteiger partial charge on any atom is -0.459 e. The molecule has 158 valence electrons. The number of benzene rings is 2. The lowest BCUT2D eigenvalue weighted by Gasteiger charge is -2.42. The Balaban J connectivity index is 1.71. The average molecular weight is 413 g/mol. The van der Waals surface area contributed by atoms with Crippen LogP contribution < -0.4 is 0 Å². The molecule has 1 aliphatic heterocycles. The normalized spacial score (nSPS) is 25.9. The van der Waals surface area contributed by atoms with Crippen LogP contribution in [0.4, 0.5) is 0 Å². The van der Waals surface area contributed by atoms with Crippen molar-refractivity contribution in [2.24, 2.45) is 5.11 Å². The van der Waals surface area contributed by atoms with Gasteiger partial charge in [0.15, 0.2) is 6.29 Å². The molecule has 1 aliphatic rings. The van der Waals surface area contributed by atoms with Gasteiger partial charge in [-0.2, -0.15) is 0 Å². The summed E-state index contributed by atoms with van der Waals surface area (Å²) in [4.78, 5) is 15.0. The first kappa shape index (κ1) is 21.8. The number of azide groups is 1. The first-order chi connectivity index (χ1) is 14.6. The zero-order valence-corrected chi connectivity index (χ0v) is 16.4. The molecule has 0 radical (unpaired) electrons. The molecular weight excluding hydrogens is 390 g/mol. The van der Waals surface area contributed by atoms with Gasteiger partial charge in [0.05, 0.1) is 18.3 Å². The Labute approximate surface area is 173 Å². The number of methoxy groups -OCH3 is 1. The summed E-state index contributed by atoms with van der Waals surface area (Å²) < 4.78 is 22.2. The highest BCUT2D eigenvalue weighted by molar-refractivity contribution is 5.89. The number of rotatable bonds is 8. The fraction of sp³-hybridized carbons (Fsp3) is 0.381. The second-order valence-corrected chi connectivity index (χ2v) is 6.69. The Hall–Kier alpha value is -2.94. The maximum absolute atomic E-state index is 12.2. The molecule has 3 rings (SSSR count). The predicted molar refractivity (Wildman–Crippen MR) is 106 cm³/mol. The topological polar surface area (TPSA) is 123 Å². The van der Waals surface area contributed by atoms with Gasteiger partial charge in [0.25, 0.3) is 0 Å². The van der Waals surface area contributed by atoms with Crippen LogP contribution in [0.2, 0.25) is 0 Å². The van der Waals surface area contributed by atoms with Crippen molar-refractivity contribution < 1.29 is 28.8 Å². The number of esters is 1. The Morgan fingerprint density at radius 2 is 1.83 bits per heavy atom. The van der Waals surface area contributed by atoms with Crippen molar-refractivity contribution >= 4 is 5.97 Å². The van der Waals surface area contributed by atoms with Crippen LogP contribution in [0.5, 0.6) is 0 Å². The Morgan fingerprint density at radius 3 is 2.47 bits per heavy atom. The second kappa shape index (κ2) is 10.7. The fourth-order valence-corrected chi connectivity index (χ4v) is 3.19. The van der Waals surface area contributed by atoms with E-state index in [1.807, 2.05) is 30.3 Å². The molecular formula is C21H23N3O6. The van der Waals surface area contributed by atoms with Crippen LogP contribution >= 0.6 is 0 Å². The number of ether oxygens (including phenoxy) is 4. The molecule has 0 amide bonds. The first-order valence-corrected chi connectivity index (χ1v) is 9.42. The van der Waals surface area contributed by atoms with Gasteiger partial charge in [0.2, 0.25) is 0 Å². The summed E-state index contributed by atoms with van der Waals surface area (Å²) in [5.74, 6) is -0.542. The number of nitrogens with zero attached hydrogens (tertiary/aromatic N) is 3. The van der Waals surface area contributed by atoms with E-state index in [0.717, 1.165) is 5.56 Å². The number of hydrogen-bond donors (Lipinski definition) is 1. The maximum Gasteiger partial charge on any atom is 0.338 e. The summed E-state index contributed by atoms with van der Waals surface area (Å²) in [6.45, 7) is -0.0318. The Bertz CT molecular complexity index is 860. The van der Waals surface area contributed by atoms with Crippen molar-refractivity contribution in [2.45, 2.75) is 37.3 Å². The molecule has 2 aromatic rings. The summed E-state index contributed by atoms with van der Waals surface area (Å²) in [5, 5.41) is 14.5. The molecule has 1 heterocycles. The molecule has 30 heavy (non-hydrogen) atoms. The van der Waals surface area contributed by atoms with Gasteiger partial charge >= 0.3 is 5.97 Å². The minimum atomic E-state index is -1.21. The quantitative estimate of drug-likeness (QED) is 0.307. The summed E-state index contributed by atoms with van der Waals surface area (Å²) in [6, 6.07) is 16.9. The summed E-state index contributed by atoms with van der Waals surface area (Å²) in [6.07, 6.45) is -4.02. The van der Waals surface area contributed by atoms with E-state index in [2.05, 4.69) is 10.0 Å². The number of hydrogen-bond acceptors (Lipinski definition) is 7. The molecule has 9 nitrogen and oxygen atoms in total. The molecule has 0 aromatic heterocycles. The van der Waals surface area contributed by atoms with Crippen molar-refractivity contribution in [3.05, 3.63) is 82.2 Å². The number of carbonyl (C=O) groups excluding carboxylic acids is 1. The smallest absolute Gasteiger partial charge is 0.338 e. The van der Waals surface area contributed by atoms with Gasteiger partial charge in [-0.3, -0.25) is 0 Å². The third kappa shape index (κ3) is 5.35. The van der Waals surface area contributed by atoms with Crippen LogP contribution in [-0.4, -0.2) is 55.4 Å².